The van der Waals surface area contributed by atoms with Crippen LogP contribution in [0.1, 0.15) is 32.8 Å². The maximum Gasteiger partial charge on any atom is 0.125 e. The maximum atomic E-state index is 10.8. The number of rotatable bonds is 5. The van der Waals surface area contributed by atoms with E-state index in [1.165, 1.54) is 5.56 Å². The van der Waals surface area contributed by atoms with E-state index in [4.69, 9.17) is 5.73 Å². The molecule has 1 rings (SSSR count). The maximum absolute atomic E-state index is 10.8. The summed E-state index contributed by atoms with van der Waals surface area (Å²) in [5, 5.41) is 0. The van der Waals surface area contributed by atoms with Crippen molar-refractivity contribution in [2.24, 2.45) is 11.3 Å². The molecule has 0 fully saturated rings. The van der Waals surface area contributed by atoms with Crippen LogP contribution in [0, 0.1) is 11.3 Å². The normalized spacial score (nSPS) is 13.4. The van der Waals surface area contributed by atoms with Gasteiger partial charge in [-0.25, -0.2) is 0 Å². The summed E-state index contributed by atoms with van der Waals surface area (Å²) in [5.41, 5.74) is 7.50. The lowest BCUT2D eigenvalue weighted by atomic mass is 9.82. The molecular formula is C14H21NO. The second-order valence-electron chi connectivity index (χ2n) is 5.36. The van der Waals surface area contributed by atoms with Crippen LogP contribution in [0.5, 0.6) is 0 Å². The fourth-order valence-corrected chi connectivity index (χ4v) is 2.07. The van der Waals surface area contributed by atoms with Crippen molar-refractivity contribution < 1.29 is 4.79 Å². The summed E-state index contributed by atoms with van der Waals surface area (Å²) in [6, 6.07) is 7.96. The van der Waals surface area contributed by atoms with Gasteiger partial charge in [-0.05, 0) is 36.5 Å². The minimum absolute atomic E-state index is 0.215. The molecule has 0 aromatic heterocycles. The number of nitrogen functional groups attached to an aromatic ring is 1. The smallest absolute Gasteiger partial charge is 0.125 e. The topological polar surface area (TPSA) is 43.1 Å². The Hall–Kier alpha value is -1.31. The molecule has 2 nitrogen and oxygen atoms in total. The molecule has 1 aromatic rings. The highest BCUT2D eigenvalue weighted by atomic mass is 16.1. The third kappa shape index (κ3) is 4.05. The number of carbonyl (C=O) groups excluding carboxylic acids is 1. The molecule has 2 N–H and O–H groups in total. The number of hydrogen-bond donors (Lipinski definition) is 1. The molecule has 88 valence electrons. The van der Waals surface area contributed by atoms with E-state index in [9.17, 15) is 4.79 Å². The first-order valence-corrected chi connectivity index (χ1v) is 5.74. The van der Waals surface area contributed by atoms with Gasteiger partial charge in [0.15, 0.2) is 0 Å². The second-order valence-corrected chi connectivity index (χ2v) is 5.36. The lowest BCUT2D eigenvalue weighted by Crippen LogP contribution is -2.18. The van der Waals surface area contributed by atoms with E-state index >= 15 is 0 Å². The molecule has 16 heavy (non-hydrogen) atoms. The minimum atomic E-state index is -0.215. The van der Waals surface area contributed by atoms with Crippen LogP contribution >= 0.6 is 0 Å². The summed E-state index contributed by atoms with van der Waals surface area (Å²) >= 11 is 0. The standard InChI is InChI=1S/C14H21NO/c1-11(9-14(2,3)10-16)8-12-4-6-13(15)7-5-12/h4-7,10-11H,8-9,15H2,1-3H3. The van der Waals surface area contributed by atoms with Crippen molar-refractivity contribution in [3.05, 3.63) is 29.8 Å². The molecule has 0 spiro atoms. The zero-order valence-electron chi connectivity index (χ0n) is 10.4. The number of carbonyl (C=O) groups is 1. The molecule has 0 saturated heterocycles. The summed E-state index contributed by atoms with van der Waals surface area (Å²) in [6.07, 6.45) is 2.96. The Labute approximate surface area is 97.9 Å². The second kappa shape index (κ2) is 5.15. The minimum Gasteiger partial charge on any atom is -0.399 e. The monoisotopic (exact) mass is 219 g/mol. The SMILES string of the molecule is CC(Cc1ccc(N)cc1)CC(C)(C)C=O. The quantitative estimate of drug-likeness (QED) is 0.611. The van der Waals surface area contributed by atoms with Crippen molar-refractivity contribution in [1.29, 1.82) is 0 Å². The van der Waals surface area contributed by atoms with Gasteiger partial charge in [0.2, 0.25) is 0 Å². The molecule has 2 heteroatoms. The first-order chi connectivity index (χ1) is 7.43. The molecule has 0 bridgehead atoms. The third-order valence-electron chi connectivity index (χ3n) is 2.76. The highest BCUT2D eigenvalue weighted by molar-refractivity contribution is 5.57. The average molecular weight is 219 g/mol. The molecule has 0 amide bonds. The van der Waals surface area contributed by atoms with Crippen LogP contribution < -0.4 is 5.73 Å². The molecule has 0 radical (unpaired) electrons. The number of benzene rings is 1. The molecule has 0 aliphatic carbocycles. The van der Waals surface area contributed by atoms with Crippen LogP contribution in [0.2, 0.25) is 0 Å². The number of anilines is 1. The molecule has 1 atom stereocenters. The number of hydrogen-bond acceptors (Lipinski definition) is 2. The van der Waals surface area contributed by atoms with Crippen LogP contribution in [0.3, 0.4) is 0 Å². The zero-order chi connectivity index (χ0) is 12.2. The van der Waals surface area contributed by atoms with Crippen molar-refractivity contribution in [2.45, 2.75) is 33.6 Å². The van der Waals surface area contributed by atoms with Gasteiger partial charge >= 0.3 is 0 Å². The van der Waals surface area contributed by atoms with Crippen molar-refractivity contribution in [3.63, 3.8) is 0 Å². The Morgan fingerprint density at radius 1 is 1.31 bits per heavy atom. The summed E-state index contributed by atoms with van der Waals surface area (Å²) in [5.74, 6) is 0.504. The molecule has 0 heterocycles. The first kappa shape index (κ1) is 12.8. The first-order valence-electron chi connectivity index (χ1n) is 5.74. The highest BCUT2D eigenvalue weighted by Gasteiger charge is 2.20. The highest BCUT2D eigenvalue weighted by Crippen LogP contribution is 2.25. The van der Waals surface area contributed by atoms with Gasteiger partial charge in [-0.3, -0.25) is 0 Å². The van der Waals surface area contributed by atoms with Crippen LogP contribution in [0.4, 0.5) is 5.69 Å². The largest absolute Gasteiger partial charge is 0.399 e. The van der Waals surface area contributed by atoms with Crippen LogP contribution in [0.15, 0.2) is 24.3 Å². The zero-order valence-corrected chi connectivity index (χ0v) is 10.4. The van der Waals surface area contributed by atoms with E-state index in [1.54, 1.807) is 0 Å². The summed E-state index contributed by atoms with van der Waals surface area (Å²) in [4.78, 5) is 10.8. The van der Waals surface area contributed by atoms with E-state index in [0.29, 0.717) is 5.92 Å². The Morgan fingerprint density at radius 2 is 1.88 bits per heavy atom. The van der Waals surface area contributed by atoms with Crippen molar-refractivity contribution in [2.75, 3.05) is 5.73 Å². The summed E-state index contributed by atoms with van der Waals surface area (Å²) in [7, 11) is 0. The average Bonchev–Trinajstić information content (AvgIpc) is 2.21. The molecule has 1 aromatic carbocycles. The molecule has 0 saturated carbocycles. The Balaban J connectivity index is 2.54. The Bertz CT molecular complexity index is 340. The van der Waals surface area contributed by atoms with Gasteiger partial charge in [-0.1, -0.05) is 32.9 Å². The summed E-state index contributed by atoms with van der Waals surface area (Å²) in [6.45, 7) is 6.15. The lowest BCUT2D eigenvalue weighted by molar-refractivity contribution is -0.115. The number of aldehydes is 1. The van der Waals surface area contributed by atoms with Gasteiger partial charge in [-0.15, -0.1) is 0 Å². The Morgan fingerprint density at radius 3 is 2.38 bits per heavy atom. The van der Waals surface area contributed by atoms with E-state index < -0.39 is 0 Å². The van der Waals surface area contributed by atoms with E-state index in [0.717, 1.165) is 24.8 Å². The number of nitrogens with two attached hydrogens (primary N) is 1. The van der Waals surface area contributed by atoms with Gasteiger partial charge in [0.25, 0.3) is 0 Å². The fraction of sp³-hybridized carbons (Fsp3) is 0.500. The van der Waals surface area contributed by atoms with Gasteiger partial charge in [0, 0.05) is 11.1 Å². The van der Waals surface area contributed by atoms with Crippen LogP contribution in [0.25, 0.3) is 0 Å². The van der Waals surface area contributed by atoms with Crippen LogP contribution in [-0.4, -0.2) is 6.29 Å². The van der Waals surface area contributed by atoms with Crippen molar-refractivity contribution >= 4 is 12.0 Å². The van der Waals surface area contributed by atoms with Gasteiger partial charge in [-0.2, -0.15) is 0 Å². The fourth-order valence-electron chi connectivity index (χ4n) is 2.07. The predicted molar refractivity (Wildman–Crippen MR) is 68.2 cm³/mol. The van der Waals surface area contributed by atoms with Crippen molar-refractivity contribution in [3.8, 4) is 0 Å². The van der Waals surface area contributed by atoms with E-state index in [2.05, 4.69) is 19.1 Å². The van der Waals surface area contributed by atoms with E-state index in [1.807, 2.05) is 26.0 Å². The van der Waals surface area contributed by atoms with Crippen LogP contribution in [-0.2, 0) is 11.2 Å². The van der Waals surface area contributed by atoms with E-state index in [-0.39, 0.29) is 5.41 Å². The van der Waals surface area contributed by atoms with Crippen molar-refractivity contribution in [1.82, 2.24) is 0 Å². The van der Waals surface area contributed by atoms with Gasteiger partial charge in [0.05, 0.1) is 0 Å². The predicted octanol–water partition coefficient (Wildman–Crippen LogP) is 3.06. The third-order valence-corrected chi connectivity index (χ3v) is 2.76. The molecule has 0 aliphatic rings. The van der Waals surface area contributed by atoms with Gasteiger partial charge in [0.1, 0.15) is 6.29 Å². The molecular weight excluding hydrogens is 198 g/mol. The molecule has 1 unspecified atom stereocenters. The van der Waals surface area contributed by atoms with Gasteiger partial charge < -0.3 is 10.5 Å². The lowest BCUT2D eigenvalue weighted by Gasteiger charge is -2.21. The summed E-state index contributed by atoms with van der Waals surface area (Å²) < 4.78 is 0. The molecule has 0 aliphatic heterocycles. The Kier molecular flexibility index (Phi) is 4.11.